The van der Waals surface area contributed by atoms with Gasteiger partial charge in [0.25, 0.3) is 0 Å². The minimum absolute atomic E-state index is 0.0122. The number of carbonyl (C=O) groups is 2. The number of esters is 1. The predicted molar refractivity (Wildman–Crippen MR) is 111 cm³/mol. The van der Waals surface area contributed by atoms with Crippen molar-refractivity contribution in [3.8, 4) is 23.0 Å². The lowest BCUT2D eigenvalue weighted by Crippen LogP contribution is -2.12. The molecule has 0 saturated carbocycles. The molecule has 0 amide bonds. The van der Waals surface area contributed by atoms with Gasteiger partial charge in [-0.15, -0.1) is 0 Å². The van der Waals surface area contributed by atoms with Crippen molar-refractivity contribution < 1.29 is 28.5 Å². The molecule has 153 valence electrons. The molecule has 0 atom stereocenters. The molecule has 1 radical (unpaired) electrons. The maximum Gasteiger partial charge on any atom is 0.343 e. The molecule has 6 heteroatoms. The van der Waals surface area contributed by atoms with Crippen LogP contribution in [-0.2, 0) is 6.61 Å². The topological polar surface area (TPSA) is 71.1 Å². The number of benzene rings is 3. The number of ketones is 1. The Labute approximate surface area is 175 Å². The number of hydrogen-bond donors (Lipinski definition) is 0. The first-order chi connectivity index (χ1) is 14.5. The van der Waals surface area contributed by atoms with Gasteiger partial charge in [-0.3, -0.25) is 4.79 Å². The van der Waals surface area contributed by atoms with Crippen molar-refractivity contribution in [3.63, 3.8) is 0 Å². The minimum atomic E-state index is -0.637. The average molecular weight is 405 g/mol. The van der Waals surface area contributed by atoms with E-state index in [0.29, 0.717) is 23.7 Å². The summed E-state index contributed by atoms with van der Waals surface area (Å²) in [6.45, 7) is 3.74. The fourth-order valence-corrected chi connectivity index (χ4v) is 2.79. The first kappa shape index (κ1) is 20.9. The van der Waals surface area contributed by atoms with Gasteiger partial charge in [0.15, 0.2) is 5.78 Å². The minimum Gasteiger partial charge on any atom is -0.497 e. The van der Waals surface area contributed by atoms with E-state index in [4.69, 9.17) is 18.9 Å². The highest BCUT2D eigenvalue weighted by atomic mass is 16.5. The first-order valence-electron chi connectivity index (χ1n) is 9.13. The normalized spacial score (nSPS) is 10.2. The van der Waals surface area contributed by atoms with E-state index in [1.165, 1.54) is 20.3 Å². The Morgan fingerprint density at radius 3 is 2.10 bits per heavy atom. The van der Waals surface area contributed by atoms with Crippen molar-refractivity contribution in [2.24, 2.45) is 0 Å². The molecule has 0 heterocycles. The zero-order chi connectivity index (χ0) is 21.5. The van der Waals surface area contributed by atoms with E-state index in [0.717, 1.165) is 5.56 Å². The zero-order valence-corrected chi connectivity index (χ0v) is 16.7. The van der Waals surface area contributed by atoms with Gasteiger partial charge in [0.05, 0.1) is 19.8 Å². The molecule has 0 aliphatic heterocycles. The Kier molecular flexibility index (Phi) is 6.70. The van der Waals surface area contributed by atoms with Gasteiger partial charge in [0, 0.05) is 19.1 Å². The van der Waals surface area contributed by atoms with E-state index in [1.807, 2.05) is 30.3 Å². The summed E-state index contributed by atoms with van der Waals surface area (Å²) >= 11 is 0. The monoisotopic (exact) mass is 405 g/mol. The van der Waals surface area contributed by atoms with Crippen LogP contribution >= 0.6 is 0 Å². The molecule has 3 rings (SSSR count). The van der Waals surface area contributed by atoms with Gasteiger partial charge < -0.3 is 18.9 Å². The van der Waals surface area contributed by atoms with Crippen molar-refractivity contribution in [2.75, 3.05) is 14.2 Å². The molecular weight excluding hydrogens is 384 g/mol. The Morgan fingerprint density at radius 2 is 1.50 bits per heavy atom. The third kappa shape index (κ3) is 4.97. The van der Waals surface area contributed by atoms with E-state index in [1.54, 1.807) is 30.3 Å². The molecule has 0 aliphatic carbocycles. The zero-order valence-electron chi connectivity index (χ0n) is 16.7. The van der Waals surface area contributed by atoms with E-state index in [9.17, 15) is 9.59 Å². The maximum absolute atomic E-state index is 12.6. The van der Waals surface area contributed by atoms with Crippen LogP contribution < -0.4 is 18.9 Å². The molecule has 3 aromatic rings. The van der Waals surface area contributed by atoms with Gasteiger partial charge in [-0.05, 0) is 29.8 Å². The third-order valence-electron chi connectivity index (χ3n) is 4.31. The summed E-state index contributed by atoms with van der Waals surface area (Å²) in [5.74, 6) is 0.0362. The highest BCUT2D eigenvalue weighted by molar-refractivity contribution is 6.05. The molecule has 0 aliphatic rings. The SMILES string of the molecule is [CH2]C(=O)c1c(OC)cc(OCc2ccccc2)cc1OC(=O)c1ccc(OC)cc1. The summed E-state index contributed by atoms with van der Waals surface area (Å²) in [6, 6.07) is 19.0. The molecule has 0 bridgehead atoms. The van der Waals surface area contributed by atoms with Gasteiger partial charge in [0.2, 0.25) is 0 Å². The van der Waals surface area contributed by atoms with Crippen LogP contribution in [-0.4, -0.2) is 26.0 Å². The van der Waals surface area contributed by atoms with Crippen molar-refractivity contribution >= 4 is 11.8 Å². The number of ether oxygens (including phenoxy) is 4. The molecule has 0 fully saturated rings. The van der Waals surface area contributed by atoms with E-state index >= 15 is 0 Å². The molecule has 0 aromatic heterocycles. The smallest absolute Gasteiger partial charge is 0.343 e. The Morgan fingerprint density at radius 1 is 0.833 bits per heavy atom. The highest BCUT2D eigenvalue weighted by Crippen LogP contribution is 2.35. The number of carbonyl (C=O) groups excluding carboxylic acids is 2. The Bertz CT molecular complexity index is 1030. The lowest BCUT2D eigenvalue weighted by Gasteiger charge is -2.15. The van der Waals surface area contributed by atoms with E-state index in [2.05, 4.69) is 6.92 Å². The van der Waals surface area contributed by atoms with Crippen molar-refractivity contribution in [1.29, 1.82) is 0 Å². The molecule has 0 N–H and O–H groups in total. The largest absolute Gasteiger partial charge is 0.497 e. The number of hydrogen-bond acceptors (Lipinski definition) is 6. The van der Waals surface area contributed by atoms with Crippen molar-refractivity contribution in [3.05, 3.63) is 90.3 Å². The molecule has 0 saturated heterocycles. The van der Waals surface area contributed by atoms with Crippen LogP contribution in [0.25, 0.3) is 0 Å². The van der Waals surface area contributed by atoms with Gasteiger partial charge in [0.1, 0.15) is 35.2 Å². The predicted octanol–water partition coefficient (Wildman–Crippen LogP) is 4.52. The van der Waals surface area contributed by atoms with Crippen molar-refractivity contribution in [1.82, 2.24) is 0 Å². The summed E-state index contributed by atoms with van der Waals surface area (Å²) in [5.41, 5.74) is 1.32. The molecule has 0 unspecified atom stereocenters. The van der Waals surface area contributed by atoms with E-state index in [-0.39, 0.29) is 17.1 Å². The van der Waals surface area contributed by atoms with Crippen LogP contribution in [0.4, 0.5) is 0 Å². The second kappa shape index (κ2) is 9.60. The number of rotatable bonds is 8. The quantitative estimate of drug-likeness (QED) is 0.312. The molecule has 0 spiro atoms. The van der Waals surface area contributed by atoms with Crippen LogP contribution in [0.3, 0.4) is 0 Å². The first-order valence-corrected chi connectivity index (χ1v) is 9.13. The van der Waals surface area contributed by atoms with Crippen molar-refractivity contribution in [2.45, 2.75) is 6.61 Å². The summed E-state index contributed by atoms with van der Waals surface area (Å²) in [6.07, 6.45) is 0. The van der Waals surface area contributed by atoms with Gasteiger partial charge in [-0.25, -0.2) is 4.79 Å². The fourth-order valence-electron chi connectivity index (χ4n) is 2.79. The highest BCUT2D eigenvalue weighted by Gasteiger charge is 2.21. The van der Waals surface area contributed by atoms with Crippen LogP contribution in [0.5, 0.6) is 23.0 Å². The summed E-state index contributed by atoms with van der Waals surface area (Å²) < 4.78 is 21.7. The number of methoxy groups -OCH3 is 2. The third-order valence-corrected chi connectivity index (χ3v) is 4.31. The Balaban J connectivity index is 1.89. The van der Waals surface area contributed by atoms with Gasteiger partial charge >= 0.3 is 5.97 Å². The van der Waals surface area contributed by atoms with Crippen LogP contribution in [0.1, 0.15) is 26.3 Å². The standard InChI is InChI=1S/C24H21O6/c1-16(25)23-21(28-3)13-20(29-15-17-7-5-4-6-8-17)14-22(23)30-24(26)18-9-11-19(27-2)12-10-18/h4-14H,1,15H2,2-3H3. The Hall–Kier alpha value is -3.80. The average Bonchev–Trinajstić information content (AvgIpc) is 2.77. The molecule has 6 nitrogen and oxygen atoms in total. The molecule has 3 aromatic carbocycles. The summed E-state index contributed by atoms with van der Waals surface area (Å²) in [5, 5.41) is 0. The molecule has 30 heavy (non-hydrogen) atoms. The van der Waals surface area contributed by atoms with Gasteiger partial charge in [-0.2, -0.15) is 0 Å². The maximum atomic E-state index is 12.6. The van der Waals surface area contributed by atoms with E-state index < -0.39 is 11.8 Å². The lowest BCUT2D eigenvalue weighted by molar-refractivity contribution is 0.0732. The van der Waals surface area contributed by atoms with Crippen LogP contribution in [0, 0.1) is 6.92 Å². The molecular formula is C24H21O6. The lowest BCUT2D eigenvalue weighted by atomic mass is 10.1. The second-order valence-electron chi connectivity index (χ2n) is 6.31. The second-order valence-corrected chi connectivity index (χ2v) is 6.31. The van der Waals surface area contributed by atoms with Gasteiger partial charge in [-0.1, -0.05) is 30.3 Å². The number of Topliss-reactive ketones (excluding diaryl/α,β-unsaturated/α-hetero) is 1. The van der Waals surface area contributed by atoms with Crippen LogP contribution in [0.2, 0.25) is 0 Å². The summed E-state index contributed by atoms with van der Waals surface area (Å²) in [4.78, 5) is 24.7. The fraction of sp³-hybridized carbons (Fsp3) is 0.125. The van der Waals surface area contributed by atoms with Crippen LogP contribution in [0.15, 0.2) is 66.7 Å². The summed E-state index contributed by atoms with van der Waals surface area (Å²) in [7, 11) is 2.95.